The number of urea groups is 1. The molecule has 21 heavy (non-hydrogen) atoms. The summed E-state index contributed by atoms with van der Waals surface area (Å²) in [6, 6.07) is 7.21. The summed E-state index contributed by atoms with van der Waals surface area (Å²) in [6.07, 6.45) is 2.39. The van der Waals surface area contributed by atoms with Crippen LogP contribution in [0.2, 0.25) is 0 Å². The van der Waals surface area contributed by atoms with Gasteiger partial charge in [0.2, 0.25) is 5.91 Å². The van der Waals surface area contributed by atoms with Crippen LogP contribution < -0.4 is 11.1 Å². The molecule has 0 saturated carbocycles. The summed E-state index contributed by atoms with van der Waals surface area (Å²) >= 11 is 0. The number of carbonyl (C=O) groups is 2. The Morgan fingerprint density at radius 3 is 2.90 bits per heavy atom. The number of fused-ring (bicyclic) bond motifs is 1. The largest absolute Gasteiger partial charge is 0.369 e. The molecule has 3 N–H and O–H groups in total. The number of amides is 3. The van der Waals surface area contributed by atoms with E-state index in [1.807, 2.05) is 24.4 Å². The van der Waals surface area contributed by atoms with Crippen molar-refractivity contribution in [3.63, 3.8) is 0 Å². The summed E-state index contributed by atoms with van der Waals surface area (Å²) in [7, 11) is 0. The van der Waals surface area contributed by atoms with Crippen molar-refractivity contribution >= 4 is 23.3 Å². The number of hydrogen-bond acceptors (Lipinski definition) is 3. The minimum atomic E-state index is -0.643. The molecule has 2 aromatic heterocycles. The zero-order chi connectivity index (χ0) is 15.0. The summed E-state index contributed by atoms with van der Waals surface area (Å²) in [6.45, 7) is 2.63. The smallest absolute Gasteiger partial charge is 0.323 e. The van der Waals surface area contributed by atoms with Crippen LogP contribution in [0.5, 0.6) is 0 Å². The number of aromatic nitrogens is 2. The van der Waals surface area contributed by atoms with E-state index in [9.17, 15) is 9.59 Å². The second-order valence-corrected chi connectivity index (χ2v) is 5.63. The van der Waals surface area contributed by atoms with Gasteiger partial charge in [-0.3, -0.25) is 10.1 Å². The van der Waals surface area contributed by atoms with Gasteiger partial charge in [0.15, 0.2) is 5.82 Å². The Kier molecular flexibility index (Phi) is 3.04. The van der Waals surface area contributed by atoms with Crippen LogP contribution >= 0.6 is 0 Å². The second kappa shape index (κ2) is 4.76. The minimum Gasteiger partial charge on any atom is -0.369 e. The molecular weight excluding hydrogens is 270 g/mol. The topological polar surface area (TPSA) is 92.7 Å². The fourth-order valence-corrected chi connectivity index (χ4v) is 2.52. The molecule has 2 aromatic rings. The molecule has 7 nitrogen and oxygen atoms in total. The summed E-state index contributed by atoms with van der Waals surface area (Å²) in [4.78, 5) is 25.2. The normalized spacial score (nSPS) is 21.7. The van der Waals surface area contributed by atoms with Gasteiger partial charge in [0.1, 0.15) is 0 Å². The number of carbonyl (C=O) groups excluding carboxylic acids is 2. The van der Waals surface area contributed by atoms with Crippen molar-refractivity contribution in [2.75, 3.05) is 18.4 Å². The maximum absolute atomic E-state index is 12.2. The lowest BCUT2D eigenvalue weighted by molar-refractivity contribution is -0.126. The third kappa shape index (κ3) is 2.42. The molecule has 1 aliphatic rings. The van der Waals surface area contributed by atoms with Crippen molar-refractivity contribution in [3.05, 3.63) is 30.5 Å². The molecule has 0 radical (unpaired) electrons. The Morgan fingerprint density at radius 2 is 2.24 bits per heavy atom. The van der Waals surface area contributed by atoms with Crippen molar-refractivity contribution in [1.82, 2.24) is 14.5 Å². The second-order valence-electron chi connectivity index (χ2n) is 5.63. The first-order valence-corrected chi connectivity index (χ1v) is 6.78. The molecule has 1 aliphatic heterocycles. The van der Waals surface area contributed by atoms with Crippen molar-refractivity contribution in [1.29, 1.82) is 0 Å². The number of nitrogens with one attached hydrogen (secondary N) is 1. The molecule has 0 bridgehead atoms. The van der Waals surface area contributed by atoms with Crippen molar-refractivity contribution in [2.24, 2.45) is 11.1 Å². The van der Waals surface area contributed by atoms with E-state index in [0.29, 0.717) is 25.3 Å². The van der Waals surface area contributed by atoms with Crippen LogP contribution in [0.25, 0.3) is 5.52 Å². The quantitative estimate of drug-likeness (QED) is 0.865. The standard InChI is InChI=1S/C14H17N5O2/c1-14(12(15)20)5-7-18(9-14)13(21)16-11-8-10-4-2-3-6-19(10)17-11/h2-4,6,8H,5,7,9H2,1H3,(H2,15,20)(H,16,17,21). The van der Waals surface area contributed by atoms with E-state index in [-0.39, 0.29) is 11.9 Å². The molecule has 1 saturated heterocycles. The predicted octanol–water partition coefficient (Wildman–Crippen LogP) is 1.06. The highest BCUT2D eigenvalue weighted by Gasteiger charge is 2.40. The van der Waals surface area contributed by atoms with Crippen LogP contribution in [-0.2, 0) is 4.79 Å². The van der Waals surface area contributed by atoms with E-state index in [1.54, 1.807) is 22.4 Å². The minimum absolute atomic E-state index is 0.261. The Labute approximate surface area is 121 Å². The molecular formula is C14H17N5O2. The number of likely N-dealkylation sites (tertiary alicyclic amines) is 1. The van der Waals surface area contributed by atoms with Crippen LogP contribution in [-0.4, -0.2) is 39.5 Å². The Morgan fingerprint density at radius 1 is 1.43 bits per heavy atom. The van der Waals surface area contributed by atoms with Crippen LogP contribution in [0.4, 0.5) is 10.6 Å². The van der Waals surface area contributed by atoms with Gasteiger partial charge in [0.25, 0.3) is 0 Å². The molecule has 0 aromatic carbocycles. The summed E-state index contributed by atoms with van der Waals surface area (Å²) < 4.78 is 1.69. The van der Waals surface area contributed by atoms with Gasteiger partial charge < -0.3 is 10.6 Å². The van der Waals surface area contributed by atoms with Gasteiger partial charge in [0, 0.05) is 25.4 Å². The average Bonchev–Trinajstić information content (AvgIpc) is 3.02. The highest BCUT2D eigenvalue weighted by Crippen LogP contribution is 2.29. The lowest BCUT2D eigenvalue weighted by atomic mass is 9.89. The van der Waals surface area contributed by atoms with Gasteiger partial charge in [-0.1, -0.05) is 6.07 Å². The van der Waals surface area contributed by atoms with Crippen LogP contribution in [0.3, 0.4) is 0 Å². The number of pyridine rings is 1. The number of anilines is 1. The molecule has 3 heterocycles. The third-order valence-corrected chi connectivity index (χ3v) is 3.96. The van der Waals surface area contributed by atoms with E-state index in [0.717, 1.165) is 5.52 Å². The Hall–Kier alpha value is -2.57. The first kappa shape index (κ1) is 13.4. The number of nitrogens with two attached hydrogens (primary N) is 1. The first-order chi connectivity index (χ1) is 9.98. The van der Waals surface area contributed by atoms with Crippen LogP contribution in [0.1, 0.15) is 13.3 Å². The van der Waals surface area contributed by atoms with Gasteiger partial charge in [-0.25, -0.2) is 9.31 Å². The lowest BCUT2D eigenvalue weighted by Gasteiger charge is -2.20. The predicted molar refractivity (Wildman–Crippen MR) is 77.7 cm³/mol. The molecule has 0 aliphatic carbocycles. The van der Waals surface area contributed by atoms with Crippen molar-refractivity contribution < 1.29 is 9.59 Å². The van der Waals surface area contributed by atoms with E-state index in [4.69, 9.17) is 5.73 Å². The molecule has 110 valence electrons. The highest BCUT2D eigenvalue weighted by atomic mass is 16.2. The van der Waals surface area contributed by atoms with Crippen LogP contribution in [0.15, 0.2) is 30.5 Å². The molecule has 0 spiro atoms. The maximum atomic E-state index is 12.2. The number of nitrogens with zero attached hydrogens (tertiary/aromatic N) is 3. The fraction of sp³-hybridized carbons (Fsp3) is 0.357. The highest BCUT2D eigenvalue weighted by molar-refractivity contribution is 5.90. The van der Waals surface area contributed by atoms with E-state index in [2.05, 4.69) is 10.4 Å². The number of hydrogen-bond donors (Lipinski definition) is 2. The molecule has 1 unspecified atom stereocenters. The molecule has 1 fully saturated rings. The first-order valence-electron chi connectivity index (χ1n) is 6.78. The SMILES string of the molecule is CC1(C(N)=O)CCN(C(=O)Nc2cc3ccccn3n2)C1. The van der Waals surface area contributed by atoms with E-state index >= 15 is 0 Å². The zero-order valence-electron chi connectivity index (χ0n) is 11.7. The van der Waals surface area contributed by atoms with Gasteiger partial charge in [-0.15, -0.1) is 5.10 Å². The third-order valence-electron chi connectivity index (χ3n) is 3.96. The van der Waals surface area contributed by atoms with Gasteiger partial charge in [-0.05, 0) is 25.5 Å². The van der Waals surface area contributed by atoms with Crippen LogP contribution in [0, 0.1) is 5.41 Å². The lowest BCUT2D eigenvalue weighted by Crippen LogP contribution is -2.40. The average molecular weight is 287 g/mol. The Bertz CT molecular complexity index is 677. The molecule has 7 heteroatoms. The molecule has 3 rings (SSSR count). The molecule has 3 amide bonds. The van der Waals surface area contributed by atoms with Crippen molar-refractivity contribution in [3.8, 4) is 0 Å². The van der Waals surface area contributed by atoms with Gasteiger partial charge in [0.05, 0.1) is 10.9 Å². The maximum Gasteiger partial charge on any atom is 0.323 e. The van der Waals surface area contributed by atoms with Gasteiger partial charge >= 0.3 is 6.03 Å². The zero-order valence-corrected chi connectivity index (χ0v) is 11.7. The van der Waals surface area contributed by atoms with Crippen molar-refractivity contribution in [2.45, 2.75) is 13.3 Å². The number of rotatable bonds is 2. The number of primary amides is 1. The van der Waals surface area contributed by atoms with Gasteiger partial charge in [-0.2, -0.15) is 0 Å². The summed E-state index contributed by atoms with van der Waals surface area (Å²) in [5.41, 5.74) is 5.64. The van der Waals surface area contributed by atoms with E-state index < -0.39 is 5.41 Å². The monoisotopic (exact) mass is 287 g/mol. The summed E-state index contributed by atoms with van der Waals surface area (Å²) in [5, 5.41) is 7.01. The Balaban J connectivity index is 1.71. The molecule has 1 atom stereocenters. The summed E-state index contributed by atoms with van der Waals surface area (Å²) in [5.74, 6) is 0.115. The fourth-order valence-electron chi connectivity index (χ4n) is 2.52. The van der Waals surface area contributed by atoms with E-state index in [1.165, 1.54) is 0 Å².